The summed E-state index contributed by atoms with van der Waals surface area (Å²) in [5, 5.41) is 0. The van der Waals surface area contributed by atoms with Gasteiger partial charge < -0.3 is 5.48 Å². The summed E-state index contributed by atoms with van der Waals surface area (Å²) in [6.45, 7) is 0. The molecule has 0 saturated heterocycles. The van der Waals surface area contributed by atoms with Crippen LogP contribution in [-0.2, 0) is 65.4 Å². The summed E-state index contributed by atoms with van der Waals surface area (Å²) in [5.41, 5.74) is 0. The van der Waals surface area contributed by atoms with Crippen LogP contribution in [0.15, 0.2) is 0 Å². The Kier molecular flexibility index (Phi) is 206. The second-order valence-corrected chi connectivity index (χ2v) is 0. The molecule has 4 heavy (non-hydrogen) atoms. The number of hydrogen-bond acceptors (Lipinski definition) is 0. The van der Waals surface area contributed by atoms with Gasteiger partial charge in [0, 0.05) is 21.1 Å². The fraction of sp³-hybridized carbons (Fsp3) is 0. The molecule has 1 nitrogen and oxygen atoms in total. The summed E-state index contributed by atoms with van der Waals surface area (Å²) < 4.78 is 0. The standard InChI is InChI=1S/Nb.Ni.O.W/q+5;+2;-2;. The maximum absolute atomic E-state index is 0. The first-order valence-electron chi connectivity index (χ1n) is 0. The Morgan fingerprint density at radius 2 is 1.00 bits per heavy atom. The first-order valence-corrected chi connectivity index (χ1v) is 0. The molecule has 0 spiro atoms. The third-order valence-electron chi connectivity index (χ3n) is 0. The zero-order valence-corrected chi connectivity index (χ0v) is 7.70. The van der Waals surface area contributed by atoms with Crippen LogP contribution in [0.3, 0.4) is 0 Å². The second kappa shape index (κ2) is 20.8. The van der Waals surface area contributed by atoms with Crippen LogP contribution in [0.25, 0.3) is 0 Å². The first-order chi connectivity index (χ1) is 0. The van der Waals surface area contributed by atoms with Gasteiger partial charge in [0.1, 0.15) is 0 Å². The predicted molar refractivity (Wildman–Crippen MR) is 0.686 cm³/mol. The van der Waals surface area contributed by atoms with Gasteiger partial charge in [0.25, 0.3) is 0 Å². The van der Waals surface area contributed by atoms with Crippen molar-refractivity contribution in [1.82, 2.24) is 0 Å². The van der Waals surface area contributed by atoms with E-state index in [4.69, 9.17) is 0 Å². The van der Waals surface area contributed by atoms with Gasteiger partial charge in [0.15, 0.2) is 0 Å². The maximum Gasteiger partial charge on any atom is 5.00 e. The molecule has 0 aromatic carbocycles. The molecule has 0 heterocycles. The molecule has 0 aliphatic heterocycles. The van der Waals surface area contributed by atoms with Crippen molar-refractivity contribution in [2.24, 2.45) is 0 Å². The van der Waals surface area contributed by atoms with Crippen molar-refractivity contribution in [3.63, 3.8) is 0 Å². The molecule has 0 radical (unpaired) electrons. The molecule has 4 heteroatoms. The van der Waals surface area contributed by atoms with Crippen LogP contribution in [0.2, 0.25) is 0 Å². The monoisotopic (exact) mass is 351 g/mol. The minimum Gasteiger partial charge on any atom is -2.00 e. The van der Waals surface area contributed by atoms with Crippen LogP contribution in [0.4, 0.5) is 0 Å². The van der Waals surface area contributed by atoms with Crippen molar-refractivity contribution >= 4 is 0 Å². The van der Waals surface area contributed by atoms with Crippen molar-refractivity contribution in [2.75, 3.05) is 0 Å². The van der Waals surface area contributed by atoms with E-state index in [1.165, 1.54) is 0 Å². The van der Waals surface area contributed by atoms with Crippen molar-refractivity contribution in [3.05, 3.63) is 0 Å². The van der Waals surface area contributed by atoms with Gasteiger partial charge in [-0.3, -0.25) is 0 Å². The van der Waals surface area contributed by atoms with Gasteiger partial charge in [0.05, 0.1) is 0 Å². The van der Waals surface area contributed by atoms with E-state index in [0.29, 0.717) is 0 Å². The molecule has 0 aromatic heterocycles. The normalized spacial score (nSPS) is 0. The molecule has 0 fully saturated rings. The van der Waals surface area contributed by atoms with E-state index < -0.39 is 0 Å². The van der Waals surface area contributed by atoms with Crippen molar-refractivity contribution in [3.8, 4) is 0 Å². The first kappa shape index (κ1) is 39.6. The Balaban J connectivity index is 0. The summed E-state index contributed by atoms with van der Waals surface area (Å²) in [6, 6.07) is 0. The molecule has 0 aliphatic carbocycles. The third-order valence-corrected chi connectivity index (χ3v) is 0. The van der Waals surface area contributed by atoms with Crippen LogP contribution >= 0.6 is 0 Å². The van der Waals surface area contributed by atoms with Gasteiger partial charge in [-0.1, -0.05) is 0 Å². The van der Waals surface area contributed by atoms with Crippen LogP contribution in [-0.4, -0.2) is 0 Å². The van der Waals surface area contributed by atoms with Crippen molar-refractivity contribution in [1.29, 1.82) is 0 Å². The van der Waals surface area contributed by atoms with E-state index in [2.05, 4.69) is 0 Å². The molecular formula is NbNiOW+5. The average Bonchev–Trinajstić information content (AvgIpc) is 0. The van der Waals surface area contributed by atoms with Crippen LogP contribution < -0.4 is 0 Å². The average molecular weight is 351 g/mol. The van der Waals surface area contributed by atoms with Gasteiger partial charge in [-0.15, -0.1) is 0 Å². The van der Waals surface area contributed by atoms with Gasteiger partial charge in [-0.2, -0.15) is 0 Å². The SMILES string of the molecule is [Nb+5].[Ni+2].[O-2].[W]. The fourth-order valence-corrected chi connectivity index (χ4v) is 0. The zero-order valence-electron chi connectivity index (χ0n) is 1.58. The Bertz CT molecular complexity index is 8.00. The Labute approximate surface area is 64.9 Å². The molecule has 0 bridgehead atoms. The fourth-order valence-electron chi connectivity index (χ4n) is 0. The molecule has 0 saturated carbocycles. The van der Waals surface area contributed by atoms with Gasteiger partial charge >= 0.3 is 38.9 Å². The summed E-state index contributed by atoms with van der Waals surface area (Å²) >= 11 is 0. The molecule has 0 aromatic rings. The largest absolute Gasteiger partial charge is 5.00 e. The summed E-state index contributed by atoms with van der Waals surface area (Å²) in [5.74, 6) is 0. The molecule has 22 valence electrons. The van der Waals surface area contributed by atoms with Gasteiger partial charge in [-0.05, 0) is 0 Å². The molecule has 0 aliphatic rings. The maximum atomic E-state index is 0. The van der Waals surface area contributed by atoms with E-state index >= 15 is 0 Å². The quantitative estimate of drug-likeness (QED) is 0.544. The number of rotatable bonds is 0. The third kappa shape index (κ3) is 9.10. The van der Waals surface area contributed by atoms with Gasteiger partial charge in [0.2, 0.25) is 0 Å². The minimum absolute atomic E-state index is 0. The van der Waals surface area contributed by atoms with Crippen molar-refractivity contribution in [2.45, 2.75) is 0 Å². The molecule has 0 N–H and O–H groups in total. The molecule has 0 rings (SSSR count). The zero-order chi connectivity index (χ0) is 0. The van der Waals surface area contributed by atoms with E-state index in [-0.39, 0.29) is 65.4 Å². The van der Waals surface area contributed by atoms with E-state index in [1.807, 2.05) is 0 Å². The minimum atomic E-state index is 0. The van der Waals surface area contributed by atoms with Crippen LogP contribution in [0.1, 0.15) is 0 Å². The van der Waals surface area contributed by atoms with E-state index in [1.54, 1.807) is 0 Å². The van der Waals surface area contributed by atoms with Gasteiger partial charge in [-0.25, -0.2) is 0 Å². The number of hydrogen-bond donors (Lipinski definition) is 0. The summed E-state index contributed by atoms with van der Waals surface area (Å²) in [7, 11) is 0. The molecular weight excluding hydrogens is 351 g/mol. The molecule has 0 unspecified atom stereocenters. The van der Waals surface area contributed by atoms with E-state index in [9.17, 15) is 0 Å². The molecule has 0 atom stereocenters. The topological polar surface area (TPSA) is 28.5 Å². The second-order valence-electron chi connectivity index (χ2n) is 0. The predicted octanol–water partition coefficient (Wildman–Crippen LogP) is -0.126. The summed E-state index contributed by atoms with van der Waals surface area (Å²) in [4.78, 5) is 0. The molecule has 0 amide bonds. The van der Waals surface area contributed by atoms with Crippen molar-refractivity contribution < 1.29 is 65.4 Å². The Morgan fingerprint density at radius 1 is 1.00 bits per heavy atom. The van der Waals surface area contributed by atoms with Crippen LogP contribution in [0, 0.1) is 0 Å². The van der Waals surface area contributed by atoms with Crippen LogP contribution in [0.5, 0.6) is 0 Å². The Hall–Kier alpha value is 1.88. The smallest absolute Gasteiger partial charge is 2.00 e. The summed E-state index contributed by atoms with van der Waals surface area (Å²) in [6.07, 6.45) is 0. The van der Waals surface area contributed by atoms with E-state index in [0.717, 1.165) is 0 Å². The Morgan fingerprint density at radius 3 is 1.00 bits per heavy atom.